The number of benzene rings is 2. The Morgan fingerprint density at radius 2 is 1.89 bits per heavy atom. The maximum Gasteiger partial charge on any atom is 0.164 e. The molecule has 2 atom stereocenters. The summed E-state index contributed by atoms with van der Waals surface area (Å²) in [5.41, 5.74) is 0.424. The molecule has 3 N–H and O–H groups in total. The van der Waals surface area contributed by atoms with Gasteiger partial charge >= 0.3 is 0 Å². The zero-order chi connectivity index (χ0) is 19.6. The van der Waals surface area contributed by atoms with Crippen molar-refractivity contribution in [3.8, 4) is 5.75 Å². The second-order valence-corrected chi connectivity index (χ2v) is 7.70. The van der Waals surface area contributed by atoms with Crippen LogP contribution in [0.4, 0.5) is 18.9 Å². The van der Waals surface area contributed by atoms with Gasteiger partial charge in [-0.25, -0.2) is 13.2 Å². The number of nitrogens with one attached hydrogen (secondary N) is 1. The SMILES string of the molecule is OC1CCCNc2c(cc(F)c(F)c2Cc2ccc(I)cc2F)OCC1O. The molecule has 0 radical (unpaired) electrons. The van der Waals surface area contributed by atoms with Crippen LogP contribution in [-0.2, 0) is 6.42 Å². The number of rotatable bonds is 2. The van der Waals surface area contributed by atoms with Gasteiger partial charge in [0, 0.05) is 28.2 Å². The molecule has 1 aliphatic heterocycles. The fraction of sp³-hybridized carbons (Fsp3) is 0.368. The van der Waals surface area contributed by atoms with Gasteiger partial charge in [0.2, 0.25) is 0 Å². The van der Waals surface area contributed by atoms with E-state index in [4.69, 9.17) is 4.74 Å². The Balaban J connectivity index is 2.01. The lowest BCUT2D eigenvalue weighted by Crippen LogP contribution is -2.33. The number of aliphatic hydroxyl groups excluding tert-OH is 2. The zero-order valence-electron chi connectivity index (χ0n) is 14.3. The molecule has 4 nitrogen and oxygen atoms in total. The van der Waals surface area contributed by atoms with Gasteiger partial charge in [0.15, 0.2) is 11.6 Å². The predicted molar refractivity (Wildman–Crippen MR) is 104 cm³/mol. The van der Waals surface area contributed by atoms with Gasteiger partial charge in [-0.15, -0.1) is 0 Å². The van der Waals surface area contributed by atoms with Gasteiger partial charge in [0.25, 0.3) is 0 Å². The van der Waals surface area contributed by atoms with Crippen molar-refractivity contribution >= 4 is 28.3 Å². The van der Waals surface area contributed by atoms with Crippen molar-refractivity contribution < 1.29 is 28.1 Å². The van der Waals surface area contributed by atoms with Crippen molar-refractivity contribution in [2.24, 2.45) is 0 Å². The van der Waals surface area contributed by atoms with Gasteiger partial charge < -0.3 is 20.3 Å². The summed E-state index contributed by atoms with van der Waals surface area (Å²) in [6.45, 7) is 0.0889. The predicted octanol–water partition coefficient (Wildman–Crippen LogP) is 3.61. The molecule has 27 heavy (non-hydrogen) atoms. The first kappa shape index (κ1) is 20.2. The third-order valence-electron chi connectivity index (χ3n) is 4.50. The minimum absolute atomic E-state index is 0.0166. The van der Waals surface area contributed by atoms with Crippen molar-refractivity contribution in [3.63, 3.8) is 0 Å². The van der Waals surface area contributed by atoms with E-state index in [9.17, 15) is 23.4 Å². The van der Waals surface area contributed by atoms with Gasteiger partial charge in [0.05, 0.1) is 11.8 Å². The molecule has 2 aromatic rings. The Morgan fingerprint density at radius 3 is 2.63 bits per heavy atom. The number of aliphatic hydroxyl groups is 2. The summed E-state index contributed by atoms with van der Waals surface area (Å²) < 4.78 is 49.1. The standard InChI is InChI=1S/C19H19F3INO3/c20-13-7-11(23)4-3-10(13)6-12-18(22)14(21)8-17-19(12)24-5-1-2-15(25)16(26)9-27-17/h3-4,7-8,15-16,24-26H,1-2,5-6,9H2. The van der Waals surface area contributed by atoms with E-state index in [0.29, 0.717) is 23.0 Å². The van der Waals surface area contributed by atoms with Crippen molar-refractivity contribution in [1.29, 1.82) is 0 Å². The van der Waals surface area contributed by atoms with Crippen LogP contribution in [0.25, 0.3) is 0 Å². The highest BCUT2D eigenvalue weighted by Gasteiger charge is 2.24. The molecule has 2 aromatic carbocycles. The monoisotopic (exact) mass is 493 g/mol. The number of anilines is 1. The van der Waals surface area contributed by atoms with E-state index in [0.717, 1.165) is 6.07 Å². The molecule has 3 rings (SSSR count). The minimum Gasteiger partial charge on any atom is -0.488 e. The average Bonchev–Trinajstić information content (AvgIpc) is 2.63. The molecular weight excluding hydrogens is 474 g/mol. The number of fused-ring (bicyclic) bond motifs is 1. The lowest BCUT2D eigenvalue weighted by Gasteiger charge is -2.24. The highest BCUT2D eigenvalue weighted by Crippen LogP contribution is 2.35. The molecular formula is C19H19F3INO3. The summed E-state index contributed by atoms with van der Waals surface area (Å²) >= 11 is 1.97. The van der Waals surface area contributed by atoms with Crippen molar-refractivity contribution in [1.82, 2.24) is 0 Å². The van der Waals surface area contributed by atoms with Crippen LogP contribution < -0.4 is 10.1 Å². The highest BCUT2D eigenvalue weighted by atomic mass is 127. The van der Waals surface area contributed by atoms with Crippen LogP contribution in [0.15, 0.2) is 24.3 Å². The van der Waals surface area contributed by atoms with Crippen molar-refractivity contribution in [2.75, 3.05) is 18.5 Å². The summed E-state index contributed by atoms with van der Waals surface area (Å²) in [5.74, 6) is -2.68. The molecule has 1 heterocycles. The number of hydrogen-bond acceptors (Lipinski definition) is 4. The molecule has 0 spiro atoms. The maximum absolute atomic E-state index is 14.6. The normalized spacial score (nSPS) is 20.4. The molecule has 0 fully saturated rings. The lowest BCUT2D eigenvalue weighted by molar-refractivity contribution is -0.0123. The van der Waals surface area contributed by atoms with E-state index in [2.05, 4.69) is 5.32 Å². The number of hydrogen-bond donors (Lipinski definition) is 3. The van der Waals surface area contributed by atoms with E-state index in [-0.39, 0.29) is 35.6 Å². The van der Waals surface area contributed by atoms with Crippen molar-refractivity contribution in [3.05, 3.63) is 56.4 Å². The van der Waals surface area contributed by atoms with Gasteiger partial charge in [0.1, 0.15) is 24.3 Å². The number of ether oxygens (including phenoxy) is 1. The van der Waals surface area contributed by atoms with Crippen LogP contribution in [0.2, 0.25) is 0 Å². The van der Waals surface area contributed by atoms with E-state index in [1.54, 1.807) is 6.07 Å². The third kappa shape index (κ3) is 4.67. The smallest absolute Gasteiger partial charge is 0.164 e. The Kier molecular flexibility index (Phi) is 6.48. The molecule has 0 saturated heterocycles. The van der Waals surface area contributed by atoms with Gasteiger partial charge in [-0.1, -0.05) is 6.07 Å². The molecule has 1 aliphatic rings. The van der Waals surface area contributed by atoms with Crippen LogP contribution >= 0.6 is 22.6 Å². The largest absolute Gasteiger partial charge is 0.488 e. The lowest BCUT2D eigenvalue weighted by atomic mass is 10.0. The minimum atomic E-state index is -1.14. The second-order valence-electron chi connectivity index (χ2n) is 6.45. The van der Waals surface area contributed by atoms with Crippen LogP contribution in [0.1, 0.15) is 24.0 Å². The highest BCUT2D eigenvalue weighted by molar-refractivity contribution is 14.1. The Morgan fingerprint density at radius 1 is 1.11 bits per heavy atom. The first-order valence-corrected chi connectivity index (χ1v) is 9.62. The molecule has 2 unspecified atom stereocenters. The Bertz CT molecular complexity index is 834. The van der Waals surface area contributed by atoms with Gasteiger partial charge in [-0.05, 0) is 53.1 Å². The number of halogens is 4. The fourth-order valence-electron chi connectivity index (χ4n) is 2.99. The summed E-state index contributed by atoms with van der Waals surface area (Å²) in [6.07, 6.45) is -1.41. The van der Waals surface area contributed by atoms with Crippen LogP contribution in [0.3, 0.4) is 0 Å². The van der Waals surface area contributed by atoms with Crippen LogP contribution in [0, 0.1) is 21.0 Å². The average molecular weight is 493 g/mol. The molecule has 0 saturated carbocycles. The first-order valence-electron chi connectivity index (χ1n) is 8.54. The maximum atomic E-state index is 14.6. The first-order chi connectivity index (χ1) is 12.9. The molecule has 0 aliphatic carbocycles. The molecule has 8 heteroatoms. The fourth-order valence-corrected chi connectivity index (χ4v) is 3.44. The zero-order valence-corrected chi connectivity index (χ0v) is 16.5. The van der Waals surface area contributed by atoms with Gasteiger partial charge in [-0.2, -0.15) is 0 Å². The van der Waals surface area contributed by atoms with E-state index in [1.807, 2.05) is 22.6 Å². The topological polar surface area (TPSA) is 61.7 Å². The quantitative estimate of drug-likeness (QED) is 0.560. The third-order valence-corrected chi connectivity index (χ3v) is 5.17. The summed E-state index contributed by atoms with van der Waals surface area (Å²) in [7, 11) is 0. The van der Waals surface area contributed by atoms with E-state index >= 15 is 0 Å². The van der Waals surface area contributed by atoms with E-state index < -0.39 is 29.7 Å². The molecule has 146 valence electrons. The Labute approximate surface area is 168 Å². The summed E-state index contributed by atoms with van der Waals surface area (Å²) in [4.78, 5) is 0. The Hall–Kier alpha value is -1.52. The van der Waals surface area contributed by atoms with Crippen molar-refractivity contribution in [2.45, 2.75) is 31.5 Å². The van der Waals surface area contributed by atoms with Crippen LogP contribution in [0.5, 0.6) is 5.75 Å². The van der Waals surface area contributed by atoms with E-state index in [1.165, 1.54) is 12.1 Å². The summed E-state index contributed by atoms with van der Waals surface area (Å²) in [6, 6.07) is 5.45. The summed E-state index contributed by atoms with van der Waals surface area (Å²) in [5, 5.41) is 22.7. The van der Waals surface area contributed by atoms with Gasteiger partial charge in [-0.3, -0.25) is 0 Å². The van der Waals surface area contributed by atoms with Crippen LogP contribution in [-0.4, -0.2) is 35.6 Å². The molecule has 0 amide bonds. The molecule has 0 bridgehead atoms. The second kappa shape index (κ2) is 8.66. The molecule has 0 aromatic heterocycles.